The van der Waals surface area contributed by atoms with Crippen molar-refractivity contribution in [2.75, 3.05) is 6.54 Å². The second-order valence-electron chi connectivity index (χ2n) is 6.27. The number of likely N-dealkylation sites (tertiary alicyclic amines) is 1. The fourth-order valence-corrected chi connectivity index (χ4v) is 2.42. The first kappa shape index (κ1) is 15.5. The molecule has 2 atom stereocenters. The molecule has 1 unspecified atom stereocenters. The maximum Gasteiger partial charge on any atom is 0.329 e. The first-order chi connectivity index (χ1) is 9.79. The number of rotatable bonds is 3. The average Bonchev–Trinajstić information content (AvgIpc) is 3.05. The van der Waals surface area contributed by atoms with Gasteiger partial charge in [-0.25, -0.2) is 14.5 Å². The zero-order valence-corrected chi connectivity index (χ0v) is 12.9. The van der Waals surface area contributed by atoms with Gasteiger partial charge in [0, 0.05) is 6.54 Å². The van der Waals surface area contributed by atoms with Gasteiger partial charge in [-0.3, -0.25) is 4.79 Å². The highest BCUT2D eigenvalue weighted by atomic mass is 16.6. The van der Waals surface area contributed by atoms with Crippen LogP contribution in [0.2, 0.25) is 0 Å². The Morgan fingerprint density at radius 2 is 2.10 bits per heavy atom. The highest BCUT2D eigenvalue weighted by Gasteiger charge is 2.38. The van der Waals surface area contributed by atoms with Gasteiger partial charge in [-0.05, 0) is 40.5 Å². The van der Waals surface area contributed by atoms with Crippen LogP contribution < -0.4 is 0 Å². The molecule has 7 heteroatoms. The van der Waals surface area contributed by atoms with E-state index in [1.54, 1.807) is 11.8 Å². The third kappa shape index (κ3) is 3.59. The van der Waals surface area contributed by atoms with Gasteiger partial charge in [0.1, 0.15) is 30.3 Å². The minimum atomic E-state index is -0.550. The third-order valence-electron chi connectivity index (χ3n) is 3.41. The normalized spacial score (nSPS) is 20.4. The quantitative estimate of drug-likeness (QED) is 0.782. The molecule has 1 aromatic heterocycles. The number of esters is 1. The molecule has 2 rings (SSSR count). The Morgan fingerprint density at radius 3 is 2.67 bits per heavy atom. The van der Waals surface area contributed by atoms with E-state index >= 15 is 0 Å². The number of ether oxygens (including phenoxy) is 1. The topological polar surface area (TPSA) is 77.3 Å². The largest absolute Gasteiger partial charge is 0.458 e. The monoisotopic (exact) mass is 294 g/mol. The van der Waals surface area contributed by atoms with Crippen molar-refractivity contribution in [1.82, 2.24) is 19.7 Å². The van der Waals surface area contributed by atoms with Crippen molar-refractivity contribution < 1.29 is 14.3 Å². The second-order valence-corrected chi connectivity index (χ2v) is 6.27. The van der Waals surface area contributed by atoms with Gasteiger partial charge < -0.3 is 9.64 Å². The molecule has 1 aliphatic heterocycles. The average molecular weight is 294 g/mol. The number of amides is 1. The Balaban J connectivity index is 2.08. The van der Waals surface area contributed by atoms with Gasteiger partial charge in [0.25, 0.3) is 0 Å². The fourth-order valence-electron chi connectivity index (χ4n) is 2.42. The summed E-state index contributed by atoms with van der Waals surface area (Å²) in [6, 6.07) is -0.974. The predicted octanol–water partition coefficient (Wildman–Crippen LogP) is 1.17. The number of hydrogen-bond acceptors (Lipinski definition) is 5. The van der Waals surface area contributed by atoms with E-state index in [9.17, 15) is 9.59 Å². The van der Waals surface area contributed by atoms with Crippen molar-refractivity contribution in [2.24, 2.45) is 0 Å². The zero-order valence-electron chi connectivity index (χ0n) is 12.9. The SMILES string of the molecule is CC(C(=O)N1CCC[C@@H]1C(=O)OC(C)(C)C)n1cncn1. The Labute approximate surface area is 124 Å². The highest BCUT2D eigenvalue weighted by Crippen LogP contribution is 2.24. The van der Waals surface area contributed by atoms with Crippen LogP contribution in [0.1, 0.15) is 46.6 Å². The summed E-state index contributed by atoms with van der Waals surface area (Å²) in [7, 11) is 0. The summed E-state index contributed by atoms with van der Waals surface area (Å²) in [5.41, 5.74) is -0.550. The van der Waals surface area contributed by atoms with E-state index in [0.29, 0.717) is 13.0 Å². The molecule has 1 amide bonds. The lowest BCUT2D eigenvalue weighted by Crippen LogP contribution is -2.45. The molecule has 1 aromatic rings. The van der Waals surface area contributed by atoms with Crippen molar-refractivity contribution in [3.63, 3.8) is 0 Å². The molecule has 1 aliphatic rings. The summed E-state index contributed by atoms with van der Waals surface area (Å²) in [6.45, 7) is 7.79. The molecule has 21 heavy (non-hydrogen) atoms. The minimum absolute atomic E-state index is 0.131. The molecule has 1 fully saturated rings. The summed E-state index contributed by atoms with van der Waals surface area (Å²) in [6.07, 6.45) is 4.34. The number of aromatic nitrogens is 3. The predicted molar refractivity (Wildman–Crippen MR) is 75.3 cm³/mol. The van der Waals surface area contributed by atoms with Crippen LogP contribution in [0, 0.1) is 0 Å². The Kier molecular flexibility index (Phi) is 4.29. The van der Waals surface area contributed by atoms with Gasteiger partial charge in [0.2, 0.25) is 5.91 Å². The maximum absolute atomic E-state index is 12.6. The summed E-state index contributed by atoms with van der Waals surface area (Å²) >= 11 is 0. The van der Waals surface area contributed by atoms with Crippen LogP contribution in [0.3, 0.4) is 0 Å². The van der Waals surface area contributed by atoms with Gasteiger partial charge in [-0.15, -0.1) is 0 Å². The highest BCUT2D eigenvalue weighted by molar-refractivity contribution is 5.87. The first-order valence-corrected chi connectivity index (χ1v) is 7.17. The van der Waals surface area contributed by atoms with E-state index < -0.39 is 17.7 Å². The summed E-state index contributed by atoms with van der Waals surface area (Å²) in [4.78, 5) is 30.2. The molecule has 0 saturated carbocycles. The molecule has 2 heterocycles. The minimum Gasteiger partial charge on any atom is -0.458 e. The number of hydrogen-bond donors (Lipinski definition) is 0. The lowest BCUT2D eigenvalue weighted by molar-refractivity contribution is -0.163. The Hall–Kier alpha value is -1.92. The van der Waals surface area contributed by atoms with E-state index in [2.05, 4.69) is 10.1 Å². The molecule has 0 aromatic carbocycles. The Morgan fingerprint density at radius 1 is 1.38 bits per heavy atom. The van der Waals surface area contributed by atoms with Gasteiger partial charge in [-0.2, -0.15) is 5.10 Å². The van der Waals surface area contributed by atoms with E-state index in [-0.39, 0.29) is 11.9 Å². The molecule has 1 saturated heterocycles. The van der Waals surface area contributed by atoms with Crippen molar-refractivity contribution in [3.8, 4) is 0 Å². The summed E-state index contributed by atoms with van der Waals surface area (Å²) < 4.78 is 6.90. The zero-order chi connectivity index (χ0) is 15.6. The van der Waals surface area contributed by atoms with Gasteiger partial charge in [0.05, 0.1) is 0 Å². The fraction of sp³-hybridized carbons (Fsp3) is 0.714. The summed E-state index contributed by atoms with van der Waals surface area (Å²) in [5, 5.41) is 3.98. The third-order valence-corrected chi connectivity index (χ3v) is 3.41. The Bertz CT molecular complexity index is 507. The number of carbonyl (C=O) groups excluding carboxylic acids is 2. The maximum atomic E-state index is 12.6. The van der Waals surface area contributed by atoms with Gasteiger partial charge in [0.15, 0.2) is 0 Å². The summed E-state index contributed by atoms with van der Waals surface area (Å²) in [5.74, 6) is -0.465. The van der Waals surface area contributed by atoms with Crippen LogP contribution in [0.4, 0.5) is 0 Å². The van der Waals surface area contributed by atoms with E-state index in [1.807, 2.05) is 20.8 Å². The van der Waals surface area contributed by atoms with Gasteiger partial charge >= 0.3 is 5.97 Å². The lowest BCUT2D eigenvalue weighted by Gasteiger charge is -2.29. The molecule has 7 nitrogen and oxygen atoms in total. The number of carbonyl (C=O) groups is 2. The van der Waals surface area contributed by atoms with Crippen LogP contribution in [0.15, 0.2) is 12.7 Å². The van der Waals surface area contributed by atoms with E-state index in [0.717, 1.165) is 6.42 Å². The van der Waals surface area contributed by atoms with Crippen LogP contribution in [-0.4, -0.2) is 49.7 Å². The smallest absolute Gasteiger partial charge is 0.329 e. The van der Waals surface area contributed by atoms with Crippen LogP contribution in [0.5, 0.6) is 0 Å². The van der Waals surface area contributed by atoms with Crippen LogP contribution >= 0.6 is 0 Å². The van der Waals surface area contributed by atoms with Gasteiger partial charge in [-0.1, -0.05) is 0 Å². The molecule has 0 bridgehead atoms. The van der Waals surface area contributed by atoms with Crippen LogP contribution in [-0.2, 0) is 14.3 Å². The lowest BCUT2D eigenvalue weighted by atomic mass is 10.1. The molecule has 116 valence electrons. The molecule has 0 spiro atoms. The van der Waals surface area contributed by atoms with Crippen molar-refractivity contribution >= 4 is 11.9 Å². The second kappa shape index (κ2) is 5.83. The van der Waals surface area contributed by atoms with Crippen molar-refractivity contribution in [2.45, 2.75) is 58.2 Å². The molecular formula is C14H22N4O3. The number of nitrogens with zero attached hydrogens (tertiary/aromatic N) is 4. The first-order valence-electron chi connectivity index (χ1n) is 7.17. The molecular weight excluding hydrogens is 272 g/mol. The standard InChI is InChI=1S/C14H22N4O3/c1-10(18-9-15-8-16-18)12(19)17-7-5-6-11(17)13(20)21-14(2,3)4/h8-11H,5-7H2,1-4H3/t10?,11-/m1/s1. The van der Waals surface area contributed by atoms with E-state index in [1.165, 1.54) is 17.3 Å². The van der Waals surface area contributed by atoms with Crippen molar-refractivity contribution in [1.29, 1.82) is 0 Å². The molecule has 0 aliphatic carbocycles. The van der Waals surface area contributed by atoms with E-state index in [4.69, 9.17) is 4.74 Å². The van der Waals surface area contributed by atoms with Crippen LogP contribution in [0.25, 0.3) is 0 Å². The van der Waals surface area contributed by atoms with Crippen molar-refractivity contribution in [3.05, 3.63) is 12.7 Å². The molecule has 0 N–H and O–H groups in total. The molecule has 0 radical (unpaired) electrons.